The number of urea groups is 1. The molecule has 156 valence electrons. The maximum absolute atomic E-state index is 13.4. The summed E-state index contributed by atoms with van der Waals surface area (Å²) >= 11 is 0. The molecule has 2 N–H and O–H groups in total. The molecule has 0 unspecified atom stereocenters. The van der Waals surface area contributed by atoms with Crippen molar-refractivity contribution in [3.63, 3.8) is 0 Å². The number of phenolic OH excluding ortho intramolecular Hbond substituents is 1. The van der Waals surface area contributed by atoms with E-state index in [2.05, 4.69) is 5.32 Å². The topological polar surface area (TPSA) is 61.8 Å². The molecular formula is C23H22F2N2O3. The second-order valence-corrected chi connectivity index (χ2v) is 6.67. The highest BCUT2D eigenvalue weighted by molar-refractivity contribution is 5.73. The van der Waals surface area contributed by atoms with Crippen LogP contribution < -0.4 is 10.1 Å². The number of amides is 2. The zero-order chi connectivity index (χ0) is 21.5. The van der Waals surface area contributed by atoms with Gasteiger partial charge in [0.2, 0.25) is 0 Å². The van der Waals surface area contributed by atoms with Gasteiger partial charge in [-0.15, -0.1) is 0 Å². The van der Waals surface area contributed by atoms with E-state index in [9.17, 15) is 18.7 Å². The van der Waals surface area contributed by atoms with Crippen molar-refractivity contribution in [3.8, 4) is 22.6 Å². The van der Waals surface area contributed by atoms with Gasteiger partial charge in [-0.3, -0.25) is 0 Å². The fourth-order valence-electron chi connectivity index (χ4n) is 3.00. The number of hydrogen-bond donors (Lipinski definition) is 2. The van der Waals surface area contributed by atoms with Gasteiger partial charge in [0.25, 0.3) is 0 Å². The number of rotatable bonds is 7. The molecule has 0 aliphatic carbocycles. The SMILES string of the molecule is CNC(=O)N(CCOc1ccc(-c2ccc(O)cc2)cc1)Cc1cc(F)cc(F)c1. The molecule has 3 aromatic rings. The van der Waals surface area contributed by atoms with E-state index in [1.807, 2.05) is 36.4 Å². The fraction of sp³-hybridized carbons (Fsp3) is 0.174. The number of carbonyl (C=O) groups excluding carboxylic acids is 1. The summed E-state index contributed by atoms with van der Waals surface area (Å²) in [5.74, 6) is -0.537. The summed E-state index contributed by atoms with van der Waals surface area (Å²) in [6.07, 6.45) is 0. The van der Waals surface area contributed by atoms with E-state index in [1.165, 1.54) is 24.1 Å². The summed E-state index contributed by atoms with van der Waals surface area (Å²) in [4.78, 5) is 13.5. The van der Waals surface area contributed by atoms with Gasteiger partial charge in [-0.1, -0.05) is 24.3 Å². The number of carbonyl (C=O) groups is 1. The Morgan fingerprint density at radius 3 is 2.10 bits per heavy atom. The highest BCUT2D eigenvalue weighted by atomic mass is 19.1. The molecule has 3 rings (SSSR count). The Morgan fingerprint density at radius 2 is 1.53 bits per heavy atom. The Balaban J connectivity index is 1.59. The molecule has 0 aliphatic heterocycles. The van der Waals surface area contributed by atoms with Gasteiger partial charge in [0.1, 0.15) is 29.7 Å². The van der Waals surface area contributed by atoms with E-state index in [4.69, 9.17) is 4.74 Å². The van der Waals surface area contributed by atoms with E-state index >= 15 is 0 Å². The zero-order valence-corrected chi connectivity index (χ0v) is 16.4. The van der Waals surface area contributed by atoms with Crippen molar-refractivity contribution < 1.29 is 23.4 Å². The van der Waals surface area contributed by atoms with Gasteiger partial charge in [-0.05, 0) is 53.1 Å². The van der Waals surface area contributed by atoms with Crippen molar-refractivity contribution in [1.29, 1.82) is 0 Å². The molecule has 0 atom stereocenters. The van der Waals surface area contributed by atoms with Crippen LogP contribution in [0.25, 0.3) is 11.1 Å². The third-order valence-corrected chi connectivity index (χ3v) is 4.48. The standard InChI is InChI=1S/C23H22F2N2O3/c1-26-23(29)27(15-16-12-19(24)14-20(25)13-16)10-11-30-22-8-4-18(5-9-22)17-2-6-21(28)7-3-17/h2-9,12-14,28H,10-11,15H2,1H3,(H,26,29). The number of halogens is 2. The van der Waals surface area contributed by atoms with Gasteiger partial charge >= 0.3 is 6.03 Å². The Labute approximate surface area is 173 Å². The van der Waals surface area contributed by atoms with Crippen LogP contribution >= 0.6 is 0 Å². The van der Waals surface area contributed by atoms with Crippen LogP contribution in [-0.4, -0.2) is 36.2 Å². The Hall–Kier alpha value is -3.61. The lowest BCUT2D eigenvalue weighted by molar-refractivity contribution is 0.181. The number of benzene rings is 3. The van der Waals surface area contributed by atoms with Gasteiger partial charge in [0, 0.05) is 19.7 Å². The van der Waals surface area contributed by atoms with Crippen LogP contribution in [0.5, 0.6) is 11.5 Å². The summed E-state index contributed by atoms with van der Waals surface area (Å²) in [6, 6.07) is 17.1. The molecule has 0 heterocycles. The predicted octanol–water partition coefficient (Wildman–Crippen LogP) is 4.56. The molecule has 5 nitrogen and oxygen atoms in total. The highest BCUT2D eigenvalue weighted by Gasteiger charge is 2.14. The Morgan fingerprint density at radius 1 is 0.967 bits per heavy atom. The van der Waals surface area contributed by atoms with Gasteiger partial charge in [0.15, 0.2) is 0 Å². The van der Waals surface area contributed by atoms with Crippen LogP contribution in [0.4, 0.5) is 13.6 Å². The number of aromatic hydroxyl groups is 1. The van der Waals surface area contributed by atoms with Crippen LogP contribution in [0, 0.1) is 11.6 Å². The molecule has 0 spiro atoms. The average molecular weight is 412 g/mol. The molecule has 0 fully saturated rings. The van der Waals surface area contributed by atoms with Crippen molar-refractivity contribution in [2.75, 3.05) is 20.2 Å². The minimum absolute atomic E-state index is 0.0531. The molecule has 0 aliphatic rings. The van der Waals surface area contributed by atoms with Crippen LogP contribution in [0.1, 0.15) is 5.56 Å². The second-order valence-electron chi connectivity index (χ2n) is 6.67. The maximum atomic E-state index is 13.4. The maximum Gasteiger partial charge on any atom is 0.317 e. The van der Waals surface area contributed by atoms with Crippen molar-refractivity contribution >= 4 is 6.03 Å². The summed E-state index contributed by atoms with van der Waals surface area (Å²) in [7, 11) is 1.49. The minimum Gasteiger partial charge on any atom is -0.508 e. The number of nitrogens with zero attached hydrogens (tertiary/aromatic N) is 1. The van der Waals surface area contributed by atoms with Gasteiger partial charge < -0.3 is 20.1 Å². The van der Waals surface area contributed by atoms with Crippen molar-refractivity contribution in [1.82, 2.24) is 10.2 Å². The van der Waals surface area contributed by atoms with E-state index < -0.39 is 11.6 Å². The largest absolute Gasteiger partial charge is 0.508 e. The summed E-state index contributed by atoms with van der Waals surface area (Å²) < 4.78 is 32.5. The average Bonchev–Trinajstić information content (AvgIpc) is 2.73. The van der Waals surface area contributed by atoms with E-state index in [-0.39, 0.29) is 31.5 Å². The lowest BCUT2D eigenvalue weighted by atomic mass is 10.1. The van der Waals surface area contributed by atoms with Gasteiger partial charge in [0.05, 0.1) is 6.54 Å². The monoisotopic (exact) mass is 412 g/mol. The number of nitrogens with one attached hydrogen (secondary N) is 1. The molecule has 0 aromatic heterocycles. The molecular weight excluding hydrogens is 390 g/mol. The molecule has 0 saturated carbocycles. The quantitative estimate of drug-likeness (QED) is 0.598. The molecule has 7 heteroatoms. The summed E-state index contributed by atoms with van der Waals surface area (Å²) in [6.45, 7) is 0.499. The summed E-state index contributed by atoms with van der Waals surface area (Å²) in [5, 5.41) is 11.9. The molecule has 3 aromatic carbocycles. The third kappa shape index (κ3) is 5.70. The number of phenols is 1. The summed E-state index contributed by atoms with van der Waals surface area (Å²) in [5.41, 5.74) is 2.30. The van der Waals surface area contributed by atoms with Crippen molar-refractivity contribution in [2.24, 2.45) is 0 Å². The first kappa shape index (κ1) is 21.1. The number of ether oxygens (including phenoxy) is 1. The van der Waals surface area contributed by atoms with Crippen molar-refractivity contribution in [3.05, 3.63) is 83.9 Å². The third-order valence-electron chi connectivity index (χ3n) is 4.48. The second kappa shape index (κ2) is 9.73. The van der Waals surface area contributed by atoms with E-state index in [1.54, 1.807) is 12.1 Å². The van der Waals surface area contributed by atoms with Crippen LogP contribution in [0.2, 0.25) is 0 Å². The first-order chi connectivity index (χ1) is 14.4. The fourth-order valence-corrected chi connectivity index (χ4v) is 3.00. The normalized spacial score (nSPS) is 10.5. The van der Waals surface area contributed by atoms with Gasteiger partial charge in [-0.2, -0.15) is 0 Å². The lowest BCUT2D eigenvalue weighted by Gasteiger charge is -2.22. The first-order valence-electron chi connectivity index (χ1n) is 9.38. The predicted molar refractivity (Wildman–Crippen MR) is 110 cm³/mol. The van der Waals surface area contributed by atoms with Crippen LogP contribution in [0.15, 0.2) is 66.7 Å². The highest BCUT2D eigenvalue weighted by Crippen LogP contribution is 2.24. The van der Waals surface area contributed by atoms with Gasteiger partial charge in [-0.25, -0.2) is 13.6 Å². The Bertz CT molecular complexity index is 972. The Kier molecular flexibility index (Phi) is 6.85. The van der Waals surface area contributed by atoms with Crippen LogP contribution in [-0.2, 0) is 6.54 Å². The smallest absolute Gasteiger partial charge is 0.317 e. The molecule has 0 bridgehead atoms. The molecule has 2 amide bonds. The lowest BCUT2D eigenvalue weighted by Crippen LogP contribution is -2.40. The van der Waals surface area contributed by atoms with Crippen LogP contribution in [0.3, 0.4) is 0 Å². The molecule has 30 heavy (non-hydrogen) atoms. The van der Waals surface area contributed by atoms with E-state index in [0.717, 1.165) is 17.2 Å². The first-order valence-corrected chi connectivity index (χ1v) is 9.38. The minimum atomic E-state index is -0.688. The number of hydrogen-bond acceptors (Lipinski definition) is 3. The van der Waals surface area contributed by atoms with E-state index in [0.29, 0.717) is 11.3 Å². The molecule has 0 radical (unpaired) electrons. The van der Waals surface area contributed by atoms with Crippen molar-refractivity contribution in [2.45, 2.75) is 6.54 Å². The molecule has 0 saturated heterocycles. The zero-order valence-electron chi connectivity index (χ0n) is 16.4.